The van der Waals surface area contributed by atoms with Crippen molar-refractivity contribution in [2.45, 2.75) is 25.3 Å². The van der Waals surface area contributed by atoms with Crippen LogP contribution in [0.2, 0.25) is 10.0 Å². The average molecular weight is 273 g/mol. The number of benzene rings is 1. The summed E-state index contributed by atoms with van der Waals surface area (Å²) in [6, 6.07) is 6.31. The molecule has 1 aliphatic rings. The lowest BCUT2D eigenvalue weighted by Crippen LogP contribution is -2.43. The molecular weight excluding hydrogens is 255 g/mol. The lowest BCUT2D eigenvalue weighted by atomic mass is 10.1. The number of piperidine rings is 1. The summed E-state index contributed by atoms with van der Waals surface area (Å²) in [5.74, 6) is 0. The van der Waals surface area contributed by atoms with Crippen molar-refractivity contribution in [2.75, 3.05) is 19.6 Å². The number of hydrogen-bond acceptors (Lipinski definition) is 2. The zero-order chi connectivity index (χ0) is 12.1. The topological polar surface area (TPSA) is 24.1 Å². The molecule has 1 heterocycles. The van der Waals surface area contributed by atoms with E-state index in [1.54, 1.807) is 6.07 Å². The van der Waals surface area contributed by atoms with E-state index in [2.05, 4.69) is 10.6 Å². The van der Waals surface area contributed by atoms with Crippen molar-refractivity contribution in [3.05, 3.63) is 33.8 Å². The van der Waals surface area contributed by atoms with Crippen molar-refractivity contribution < 1.29 is 0 Å². The van der Waals surface area contributed by atoms with Gasteiger partial charge in [0.15, 0.2) is 0 Å². The normalized spacial score (nSPS) is 20.5. The first-order valence-electron chi connectivity index (χ1n) is 6.14. The molecule has 0 spiro atoms. The van der Waals surface area contributed by atoms with Gasteiger partial charge in [-0.2, -0.15) is 0 Å². The first-order chi connectivity index (χ1) is 8.25. The van der Waals surface area contributed by atoms with Crippen LogP contribution >= 0.6 is 23.2 Å². The Kier molecular flexibility index (Phi) is 5.11. The first kappa shape index (κ1) is 13.2. The van der Waals surface area contributed by atoms with Crippen LogP contribution in [0, 0.1) is 0 Å². The van der Waals surface area contributed by atoms with Gasteiger partial charge in [-0.3, -0.25) is 0 Å². The molecule has 1 atom stereocenters. The zero-order valence-corrected chi connectivity index (χ0v) is 11.3. The van der Waals surface area contributed by atoms with Gasteiger partial charge in [-0.1, -0.05) is 29.3 Å². The summed E-state index contributed by atoms with van der Waals surface area (Å²) in [5, 5.41) is 8.42. The molecule has 0 aromatic heterocycles. The van der Waals surface area contributed by atoms with Crippen LogP contribution < -0.4 is 10.6 Å². The maximum atomic E-state index is 6.13. The van der Waals surface area contributed by atoms with Crippen molar-refractivity contribution in [3.8, 4) is 0 Å². The highest BCUT2D eigenvalue weighted by Crippen LogP contribution is 2.21. The fourth-order valence-electron chi connectivity index (χ4n) is 2.16. The maximum absolute atomic E-state index is 6.13. The molecule has 0 aliphatic carbocycles. The molecule has 1 aromatic carbocycles. The Hall–Kier alpha value is -0.280. The van der Waals surface area contributed by atoms with Gasteiger partial charge in [0.05, 0.1) is 0 Å². The molecule has 0 radical (unpaired) electrons. The minimum atomic E-state index is 0.606. The SMILES string of the molecule is Clc1ccc(CCNC2CCCNC2)c(Cl)c1. The van der Waals surface area contributed by atoms with Gasteiger partial charge in [-0.05, 0) is 50.0 Å². The van der Waals surface area contributed by atoms with Crippen molar-refractivity contribution in [1.82, 2.24) is 10.6 Å². The molecule has 1 aromatic rings. The van der Waals surface area contributed by atoms with Crippen molar-refractivity contribution in [2.24, 2.45) is 0 Å². The van der Waals surface area contributed by atoms with Crippen molar-refractivity contribution in [3.63, 3.8) is 0 Å². The van der Waals surface area contributed by atoms with Gasteiger partial charge in [0.25, 0.3) is 0 Å². The van der Waals surface area contributed by atoms with Crippen LogP contribution in [0.4, 0.5) is 0 Å². The second kappa shape index (κ2) is 6.60. The molecule has 2 N–H and O–H groups in total. The minimum Gasteiger partial charge on any atom is -0.315 e. The van der Waals surface area contributed by atoms with E-state index < -0.39 is 0 Å². The smallest absolute Gasteiger partial charge is 0.0453 e. The highest BCUT2D eigenvalue weighted by atomic mass is 35.5. The highest BCUT2D eigenvalue weighted by molar-refractivity contribution is 6.35. The fourth-order valence-corrected chi connectivity index (χ4v) is 2.66. The summed E-state index contributed by atoms with van der Waals surface area (Å²) in [5.41, 5.74) is 1.16. The third-order valence-electron chi connectivity index (χ3n) is 3.14. The van der Waals surface area contributed by atoms with Crippen LogP contribution in [0.3, 0.4) is 0 Å². The first-order valence-corrected chi connectivity index (χ1v) is 6.89. The molecule has 17 heavy (non-hydrogen) atoms. The monoisotopic (exact) mass is 272 g/mol. The van der Waals surface area contributed by atoms with Gasteiger partial charge in [0.1, 0.15) is 0 Å². The van der Waals surface area contributed by atoms with Gasteiger partial charge in [0, 0.05) is 22.6 Å². The number of rotatable bonds is 4. The number of hydrogen-bond donors (Lipinski definition) is 2. The van der Waals surface area contributed by atoms with Crippen molar-refractivity contribution in [1.29, 1.82) is 0 Å². The molecule has 0 bridgehead atoms. The van der Waals surface area contributed by atoms with Crippen LogP contribution in [0.15, 0.2) is 18.2 Å². The maximum Gasteiger partial charge on any atom is 0.0453 e. The molecule has 1 aliphatic heterocycles. The summed E-state index contributed by atoms with van der Waals surface area (Å²) in [6.07, 6.45) is 3.48. The summed E-state index contributed by atoms with van der Waals surface area (Å²) < 4.78 is 0. The van der Waals surface area contributed by atoms with Crippen LogP contribution in [0.1, 0.15) is 18.4 Å². The third kappa shape index (κ3) is 4.14. The largest absolute Gasteiger partial charge is 0.315 e. The minimum absolute atomic E-state index is 0.606. The second-order valence-corrected chi connectivity index (χ2v) is 5.33. The predicted molar refractivity (Wildman–Crippen MR) is 74.1 cm³/mol. The van der Waals surface area contributed by atoms with E-state index in [1.807, 2.05) is 12.1 Å². The van der Waals surface area contributed by atoms with Crippen LogP contribution in [-0.4, -0.2) is 25.7 Å². The van der Waals surface area contributed by atoms with E-state index in [-0.39, 0.29) is 0 Å². The van der Waals surface area contributed by atoms with E-state index in [0.29, 0.717) is 11.1 Å². The van der Waals surface area contributed by atoms with E-state index in [4.69, 9.17) is 23.2 Å². The number of nitrogens with one attached hydrogen (secondary N) is 2. The van der Waals surface area contributed by atoms with Gasteiger partial charge < -0.3 is 10.6 Å². The molecule has 2 rings (SSSR count). The fraction of sp³-hybridized carbons (Fsp3) is 0.538. The lowest BCUT2D eigenvalue weighted by Gasteiger charge is -2.23. The molecule has 0 saturated carbocycles. The molecule has 2 nitrogen and oxygen atoms in total. The Labute approximate surface area is 113 Å². The summed E-state index contributed by atoms with van der Waals surface area (Å²) >= 11 is 12.0. The van der Waals surface area contributed by atoms with Gasteiger partial charge in [-0.15, -0.1) is 0 Å². The lowest BCUT2D eigenvalue weighted by molar-refractivity contribution is 0.392. The van der Waals surface area contributed by atoms with E-state index in [9.17, 15) is 0 Å². The quantitative estimate of drug-likeness (QED) is 0.881. The van der Waals surface area contributed by atoms with Gasteiger partial charge >= 0.3 is 0 Å². The van der Waals surface area contributed by atoms with E-state index in [0.717, 1.165) is 36.6 Å². The summed E-state index contributed by atoms with van der Waals surface area (Å²) in [4.78, 5) is 0. The number of halogens is 2. The molecular formula is C13H18Cl2N2. The summed E-state index contributed by atoms with van der Waals surface area (Å²) in [6.45, 7) is 3.20. The Bertz CT molecular complexity index is 362. The zero-order valence-electron chi connectivity index (χ0n) is 9.81. The predicted octanol–water partition coefficient (Wildman–Crippen LogP) is 2.88. The highest BCUT2D eigenvalue weighted by Gasteiger charge is 2.11. The Morgan fingerprint density at radius 3 is 2.94 bits per heavy atom. The molecule has 4 heteroatoms. The average Bonchev–Trinajstić information content (AvgIpc) is 2.33. The van der Waals surface area contributed by atoms with Crippen LogP contribution in [0.25, 0.3) is 0 Å². The van der Waals surface area contributed by atoms with Crippen LogP contribution in [-0.2, 0) is 6.42 Å². The second-order valence-electron chi connectivity index (χ2n) is 4.48. The molecule has 94 valence electrons. The van der Waals surface area contributed by atoms with E-state index in [1.165, 1.54) is 12.8 Å². The standard InChI is InChI=1S/C13H18Cl2N2/c14-11-4-3-10(13(15)8-11)5-7-17-12-2-1-6-16-9-12/h3-4,8,12,16-17H,1-2,5-7,9H2. The Morgan fingerprint density at radius 1 is 1.35 bits per heavy atom. The van der Waals surface area contributed by atoms with Crippen molar-refractivity contribution >= 4 is 23.2 Å². The molecule has 0 amide bonds. The molecule has 1 fully saturated rings. The summed E-state index contributed by atoms with van der Waals surface area (Å²) in [7, 11) is 0. The Balaban J connectivity index is 1.77. The third-order valence-corrected chi connectivity index (χ3v) is 3.73. The Morgan fingerprint density at radius 2 is 2.24 bits per heavy atom. The molecule has 1 saturated heterocycles. The van der Waals surface area contributed by atoms with E-state index >= 15 is 0 Å². The van der Waals surface area contributed by atoms with Crippen LogP contribution in [0.5, 0.6) is 0 Å². The molecule has 1 unspecified atom stereocenters. The van der Waals surface area contributed by atoms with Gasteiger partial charge in [0.2, 0.25) is 0 Å². The van der Waals surface area contributed by atoms with Gasteiger partial charge in [-0.25, -0.2) is 0 Å².